The summed E-state index contributed by atoms with van der Waals surface area (Å²) in [6, 6.07) is 23.8. The second kappa shape index (κ2) is 9.99. The van der Waals surface area contributed by atoms with Crippen LogP contribution in [0.3, 0.4) is 0 Å². The van der Waals surface area contributed by atoms with E-state index >= 15 is 0 Å². The van der Waals surface area contributed by atoms with E-state index in [0.29, 0.717) is 13.0 Å². The number of nitrogens with zero attached hydrogens (tertiary/aromatic N) is 1. The fourth-order valence-corrected chi connectivity index (χ4v) is 3.10. The number of carbonyl (C=O) groups is 1. The Balaban J connectivity index is 1.50. The SMILES string of the molecule is CN(Cc1ccc(COc2ccc(CCC(=O)O)cc2)cc1)c1ccc(Cl)cc1. The van der Waals surface area contributed by atoms with Crippen molar-refractivity contribution in [3.05, 3.63) is 94.5 Å². The van der Waals surface area contributed by atoms with Gasteiger partial charge in [0.1, 0.15) is 12.4 Å². The second-order valence-electron chi connectivity index (χ2n) is 6.98. The van der Waals surface area contributed by atoms with Crippen LogP contribution in [0.5, 0.6) is 5.75 Å². The standard InChI is InChI=1S/C24H24ClNO3/c1-26(22-11-9-21(25)10-12-22)16-19-2-4-20(5-3-19)17-29-23-13-6-18(7-14-23)8-15-24(27)28/h2-7,9-14H,8,15-17H2,1H3,(H,27,28). The first kappa shape index (κ1) is 20.7. The summed E-state index contributed by atoms with van der Waals surface area (Å²) in [5.41, 5.74) is 4.43. The maximum absolute atomic E-state index is 10.6. The molecule has 0 aliphatic heterocycles. The zero-order chi connectivity index (χ0) is 20.6. The van der Waals surface area contributed by atoms with Crippen molar-refractivity contribution in [2.45, 2.75) is 26.0 Å². The Morgan fingerprint density at radius 1 is 0.897 bits per heavy atom. The molecular formula is C24H24ClNO3. The molecule has 3 aromatic carbocycles. The van der Waals surface area contributed by atoms with Crippen LogP contribution in [-0.4, -0.2) is 18.1 Å². The number of hydrogen-bond acceptors (Lipinski definition) is 3. The van der Waals surface area contributed by atoms with Crippen LogP contribution in [0.2, 0.25) is 5.02 Å². The molecule has 0 radical (unpaired) electrons. The zero-order valence-corrected chi connectivity index (χ0v) is 17.1. The number of rotatable bonds is 9. The molecule has 29 heavy (non-hydrogen) atoms. The van der Waals surface area contributed by atoms with Gasteiger partial charge in [0.25, 0.3) is 0 Å². The van der Waals surface area contributed by atoms with E-state index in [2.05, 4.69) is 36.2 Å². The highest BCUT2D eigenvalue weighted by molar-refractivity contribution is 6.30. The second-order valence-corrected chi connectivity index (χ2v) is 7.41. The van der Waals surface area contributed by atoms with Crippen LogP contribution in [0.1, 0.15) is 23.1 Å². The first-order valence-electron chi connectivity index (χ1n) is 9.47. The number of aryl methyl sites for hydroxylation is 1. The Kier molecular flexibility index (Phi) is 7.14. The minimum Gasteiger partial charge on any atom is -0.489 e. The molecule has 0 bridgehead atoms. The number of hydrogen-bond donors (Lipinski definition) is 1. The predicted octanol–water partition coefficient (Wildman–Crippen LogP) is 5.57. The van der Waals surface area contributed by atoms with Crippen LogP contribution in [0.15, 0.2) is 72.8 Å². The molecule has 0 atom stereocenters. The molecule has 0 aliphatic carbocycles. The summed E-state index contributed by atoms with van der Waals surface area (Å²) in [5, 5.41) is 9.48. The van der Waals surface area contributed by atoms with E-state index in [9.17, 15) is 4.79 Å². The fraction of sp³-hybridized carbons (Fsp3) is 0.208. The molecule has 0 unspecified atom stereocenters. The molecule has 0 fully saturated rings. The number of ether oxygens (including phenoxy) is 1. The Morgan fingerprint density at radius 2 is 1.48 bits per heavy atom. The van der Waals surface area contributed by atoms with Gasteiger partial charge in [-0.2, -0.15) is 0 Å². The molecule has 4 nitrogen and oxygen atoms in total. The minimum absolute atomic E-state index is 0.139. The molecule has 0 aliphatic rings. The van der Waals surface area contributed by atoms with Crippen LogP contribution < -0.4 is 9.64 Å². The summed E-state index contributed by atoms with van der Waals surface area (Å²) >= 11 is 5.95. The normalized spacial score (nSPS) is 10.6. The molecule has 3 aromatic rings. The van der Waals surface area contributed by atoms with Gasteiger partial charge in [0.05, 0.1) is 0 Å². The van der Waals surface area contributed by atoms with Crippen LogP contribution in [-0.2, 0) is 24.4 Å². The van der Waals surface area contributed by atoms with Gasteiger partial charge in [-0.15, -0.1) is 0 Å². The number of carboxylic acid groups (broad SMARTS) is 1. The van der Waals surface area contributed by atoms with Crippen molar-refractivity contribution in [3.63, 3.8) is 0 Å². The summed E-state index contributed by atoms with van der Waals surface area (Å²) in [5.74, 6) is -0.0104. The van der Waals surface area contributed by atoms with E-state index in [1.54, 1.807) is 0 Å². The van der Waals surface area contributed by atoms with Crippen LogP contribution in [0.4, 0.5) is 5.69 Å². The van der Waals surface area contributed by atoms with Gasteiger partial charge < -0.3 is 14.7 Å². The maximum atomic E-state index is 10.6. The number of carboxylic acids is 1. The van der Waals surface area contributed by atoms with Gasteiger partial charge in [-0.3, -0.25) is 4.79 Å². The van der Waals surface area contributed by atoms with E-state index in [1.807, 2.05) is 48.5 Å². The molecular weight excluding hydrogens is 386 g/mol. The topological polar surface area (TPSA) is 49.8 Å². The Labute approximate surface area is 176 Å². The van der Waals surface area contributed by atoms with Crippen molar-refractivity contribution in [2.24, 2.45) is 0 Å². The monoisotopic (exact) mass is 409 g/mol. The third-order valence-corrected chi connectivity index (χ3v) is 4.92. The lowest BCUT2D eigenvalue weighted by molar-refractivity contribution is -0.136. The van der Waals surface area contributed by atoms with Crippen LogP contribution >= 0.6 is 11.6 Å². The molecule has 5 heteroatoms. The van der Waals surface area contributed by atoms with Crippen molar-refractivity contribution < 1.29 is 14.6 Å². The van der Waals surface area contributed by atoms with Gasteiger partial charge in [0.2, 0.25) is 0 Å². The Morgan fingerprint density at radius 3 is 2.10 bits per heavy atom. The minimum atomic E-state index is -0.784. The fourth-order valence-electron chi connectivity index (χ4n) is 2.97. The summed E-state index contributed by atoms with van der Waals surface area (Å²) in [4.78, 5) is 12.8. The zero-order valence-electron chi connectivity index (χ0n) is 16.3. The molecule has 0 saturated heterocycles. The highest BCUT2D eigenvalue weighted by atomic mass is 35.5. The first-order chi connectivity index (χ1) is 14.0. The quantitative estimate of drug-likeness (QED) is 0.501. The summed E-state index contributed by atoms with van der Waals surface area (Å²) in [6.07, 6.45) is 0.668. The van der Waals surface area contributed by atoms with E-state index in [1.165, 1.54) is 5.56 Å². The van der Waals surface area contributed by atoms with Crippen LogP contribution in [0.25, 0.3) is 0 Å². The van der Waals surface area contributed by atoms with E-state index < -0.39 is 5.97 Å². The van der Waals surface area contributed by atoms with Crippen molar-refractivity contribution in [1.29, 1.82) is 0 Å². The first-order valence-corrected chi connectivity index (χ1v) is 9.85. The average molecular weight is 410 g/mol. The van der Waals surface area contributed by atoms with Gasteiger partial charge in [-0.1, -0.05) is 48.0 Å². The van der Waals surface area contributed by atoms with Crippen LogP contribution in [0, 0.1) is 0 Å². The highest BCUT2D eigenvalue weighted by Crippen LogP contribution is 2.19. The van der Waals surface area contributed by atoms with Gasteiger partial charge in [-0.25, -0.2) is 0 Å². The maximum Gasteiger partial charge on any atom is 0.303 e. The van der Waals surface area contributed by atoms with Gasteiger partial charge in [-0.05, 0) is 59.5 Å². The largest absolute Gasteiger partial charge is 0.489 e. The molecule has 1 N–H and O–H groups in total. The molecule has 0 saturated carbocycles. The molecule has 0 heterocycles. The average Bonchev–Trinajstić information content (AvgIpc) is 2.73. The van der Waals surface area contributed by atoms with Gasteiger partial charge >= 0.3 is 5.97 Å². The van der Waals surface area contributed by atoms with Crippen molar-refractivity contribution in [1.82, 2.24) is 0 Å². The predicted molar refractivity (Wildman–Crippen MR) is 117 cm³/mol. The summed E-state index contributed by atoms with van der Waals surface area (Å²) in [7, 11) is 2.06. The molecule has 0 aromatic heterocycles. The lowest BCUT2D eigenvalue weighted by Gasteiger charge is -2.19. The smallest absolute Gasteiger partial charge is 0.303 e. The number of halogens is 1. The number of aliphatic carboxylic acids is 1. The van der Waals surface area contributed by atoms with Crippen molar-refractivity contribution in [3.8, 4) is 5.75 Å². The highest BCUT2D eigenvalue weighted by Gasteiger charge is 2.04. The molecule has 150 valence electrons. The third kappa shape index (κ3) is 6.54. The lowest BCUT2D eigenvalue weighted by atomic mass is 10.1. The lowest BCUT2D eigenvalue weighted by Crippen LogP contribution is -2.16. The van der Waals surface area contributed by atoms with E-state index in [4.69, 9.17) is 21.4 Å². The van der Waals surface area contributed by atoms with E-state index in [-0.39, 0.29) is 6.42 Å². The van der Waals surface area contributed by atoms with Gasteiger partial charge in [0, 0.05) is 30.7 Å². The molecule has 3 rings (SSSR count). The summed E-state index contributed by atoms with van der Waals surface area (Å²) in [6.45, 7) is 1.29. The number of anilines is 1. The van der Waals surface area contributed by atoms with Gasteiger partial charge in [0.15, 0.2) is 0 Å². The van der Waals surface area contributed by atoms with E-state index in [0.717, 1.165) is 34.1 Å². The molecule has 0 spiro atoms. The number of benzene rings is 3. The Bertz CT molecular complexity index is 922. The Hall–Kier alpha value is -2.98. The van der Waals surface area contributed by atoms with Crippen molar-refractivity contribution >= 4 is 23.3 Å². The molecule has 0 amide bonds. The summed E-state index contributed by atoms with van der Waals surface area (Å²) < 4.78 is 5.83. The third-order valence-electron chi connectivity index (χ3n) is 4.67. The van der Waals surface area contributed by atoms with Crippen molar-refractivity contribution in [2.75, 3.05) is 11.9 Å².